The van der Waals surface area contributed by atoms with Gasteiger partial charge in [0.05, 0.1) is 11.9 Å². The molecule has 0 aliphatic heterocycles. The smallest absolute Gasteiger partial charge is 0.285 e. The summed E-state index contributed by atoms with van der Waals surface area (Å²) in [7, 11) is 0. The number of halogens is 1. The number of thioether (sulfide) groups is 1. The standard InChI is InChI=1S/C9H12ClN3OS/c1-15-9(2-3-9)5-11-6-4-12-13-8(14)7(6)10/h4H,2-3,5H2,1H3,(H2,11,13,14). The van der Waals surface area contributed by atoms with Gasteiger partial charge in [0.15, 0.2) is 0 Å². The summed E-state index contributed by atoms with van der Waals surface area (Å²) < 4.78 is 0.339. The van der Waals surface area contributed by atoms with E-state index in [0.29, 0.717) is 10.4 Å². The van der Waals surface area contributed by atoms with Crippen LogP contribution < -0.4 is 10.9 Å². The number of hydrogen-bond donors (Lipinski definition) is 2. The zero-order chi connectivity index (χ0) is 10.9. The second kappa shape index (κ2) is 4.06. The van der Waals surface area contributed by atoms with Gasteiger partial charge in [-0.3, -0.25) is 4.79 Å². The molecule has 6 heteroatoms. The van der Waals surface area contributed by atoms with Crippen molar-refractivity contribution in [3.63, 3.8) is 0 Å². The molecule has 0 radical (unpaired) electrons. The number of aromatic amines is 1. The number of rotatable bonds is 4. The molecule has 15 heavy (non-hydrogen) atoms. The van der Waals surface area contributed by atoms with Crippen LogP contribution in [-0.2, 0) is 0 Å². The van der Waals surface area contributed by atoms with Gasteiger partial charge >= 0.3 is 0 Å². The Labute approximate surface area is 96.8 Å². The fraction of sp³-hybridized carbons (Fsp3) is 0.556. The molecule has 0 atom stereocenters. The first-order chi connectivity index (χ1) is 7.17. The normalized spacial score (nSPS) is 17.5. The summed E-state index contributed by atoms with van der Waals surface area (Å²) >= 11 is 7.69. The lowest BCUT2D eigenvalue weighted by atomic mass is 10.4. The first kappa shape index (κ1) is 10.8. The van der Waals surface area contributed by atoms with Crippen molar-refractivity contribution in [3.8, 4) is 0 Å². The highest BCUT2D eigenvalue weighted by molar-refractivity contribution is 8.00. The highest BCUT2D eigenvalue weighted by Gasteiger charge is 2.41. The van der Waals surface area contributed by atoms with Gasteiger partial charge in [-0.1, -0.05) is 11.6 Å². The number of anilines is 1. The highest BCUT2D eigenvalue weighted by Crippen LogP contribution is 2.47. The van der Waals surface area contributed by atoms with Crippen molar-refractivity contribution in [3.05, 3.63) is 21.6 Å². The molecule has 2 rings (SSSR count). The van der Waals surface area contributed by atoms with Crippen LogP contribution in [0.5, 0.6) is 0 Å². The van der Waals surface area contributed by atoms with E-state index in [1.165, 1.54) is 12.8 Å². The second-order valence-corrected chi connectivity index (χ2v) is 5.32. The summed E-state index contributed by atoms with van der Waals surface area (Å²) in [6.07, 6.45) is 6.08. The second-order valence-electron chi connectivity index (χ2n) is 3.67. The van der Waals surface area contributed by atoms with Gasteiger partial charge < -0.3 is 5.32 Å². The van der Waals surface area contributed by atoms with Crippen molar-refractivity contribution >= 4 is 29.1 Å². The number of aromatic nitrogens is 2. The summed E-state index contributed by atoms with van der Waals surface area (Å²) in [5.74, 6) is 0. The molecule has 82 valence electrons. The third kappa shape index (κ3) is 2.29. The Morgan fingerprint density at radius 3 is 3.07 bits per heavy atom. The van der Waals surface area contributed by atoms with Gasteiger partial charge in [0.25, 0.3) is 5.56 Å². The molecule has 1 aromatic rings. The van der Waals surface area contributed by atoms with E-state index in [4.69, 9.17) is 11.6 Å². The Morgan fingerprint density at radius 1 is 1.73 bits per heavy atom. The SMILES string of the molecule is CSC1(CNc2cn[nH]c(=O)c2Cl)CC1. The maximum absolute atomic E-state index is 11.2. The van der Waals surface area contributed by atoms with Gasteiger partial charge in [-0.05, 0) is 19.1 Å². The van der Waals surface area contributed by atoms with Crippen LogP contribution in [0.25, 0.3) is 0 Å². The van der Waals surface area contributed by atoms with Crippen LogP contribution >= 0.6 is 23.4 Å². The molecule has 2 N–H and O–H groups in total. The minimum atomic E-state index is -0.351. The fourth-order valence-corrected chi connectivity index (χ4v) is 2.24. The van der Waals surface area contributed by atoms with Crippen molar-refractivity contribution in [2.24, 2.45) is 0 Å². The first-order valence-corrected chi connectivity index (χ1v) is 6.29. The largest absolute Gasteiger partial charge is 0.381 e. The van der Waals surface area contributed by atoms with E-state index >= 15 is 0 Å². The van der Waals surface area contributed by atoms with Crippen molar-refractivity contribution in [1.29, 1.82) is 0 Å². The van der Waals surface area contributed by atoms with Gasteiger partial charge in [-0.15, -0.1) is 0 Å². The number of hydrogen-bond acceptors (Lipinski definition) is 4. The summed E-state index contributed by atoms with van der Waals surface area (Å²) in [5.41, 5.74) is 0.261. The van der Waals surface area contributed by atoms with Crippen LogP contribution in [0.15, 0.2) is 11.0 Å². The zero-order valence-corrected chi connectivity index (χ0v) is 9.91. The molecule has 1 aliphatic carbocycles. The molecule has 0 aromatic carbocycles. The molecular weight excluding hydrogens is 234 g/mol. The maximum Gasteiger partial charge on any atom is 0.285 e. The van der Waals surface area contributed by atoms with Crippen LogP contribution in [0.4, 0.5) is 5.69 Å². The Balaban J connectivity index is 2.05. The molecular formula is C9H12ClN3OS. The molecule has 0 amide bonds. The Bertz CT molecular complexity index is 416. The molecule has 1 aromatic heterocycles. The van der Waals surface area contributed by atoms with Gasteiger partial charge in [-0.25, -0.2) is 5.10 Å². The van der Waals surface area contributed by atoms with E-state index < -0.39 is 0 Å². The van der Waals surface area contributed by atoms with E-state index in [-0.39, 0.29) is 10.6 Å². The number of H-pyrrole nitrogens is 1. The lowest BCUT2D eigenvalue weighted by molar-refractivity contribution is 0.933. The molecule has 1 aliphatic rings. The molecule has 4 nitrogen and oxygen atoms in total. The van der Waals surface area contributed by atoms with Gasteiger partial charge in [0.2, 0.25) is 0 Å². The van der Waals surface area contributed by atoms with E-state index in [9.17, 15) is 4.79 Å². The molecule has 0 spiro atoms. The number of nitrogens with zero attached hydrogens (tertiary/aromatic N) is 1. The van der Waals surface area contributed by atoms with E-state index in [0.717, 1.165) is 6.54 Å². The third-order valence-corrected chi connectivity index (χ3v) is 4.43. The third-order valence-electron chi connectivity index (χ3n) is 2.64. The maximum atomic E-state index is 11.2. The summed E-state index contributed by atoms with van der Waals surface area (Å²) in [6.45, 7) is 0.832. The van der Waals surface area contributed by atoms with Gasteiger partial charge in [-0.2, -0.15) is 16.9 Å². The van der Waals surface area contributed by atoms with Crippen molar-refractivity contribution in [1.82, 2.24) is 10.2 Å². The van der Waals surface area contributed by atoms with Gasteiger partial charge in [0, 0.05) is 11.3 Å². The first-order valence-electron chi connectivity index (χ1n) is 4.69. The fourth-order valence-electron chi connectivity index (χ4n) is 1.36. The van der Waals surface area contributed by atoms with Crippen LogP contribution in [0.2, 0.25) is 5.02 Å². The van der Waals surface area contributed by atoms with Crippen LogP contribution in [0, 0.1) is 0 Å². The van der Waals surface area contributed by atoms with Crippen LogP contribution in [0.1, 0.15) is 12.8 Å². The average Bonchev–Trinajstić information content (AvgIpc) is 3.01. The van der Waals surface area contributed by atoms with Crippen molar-refractivity contribution in [2.75, 3.05) is 18.1 Å². The molecule has 1 fully saturated rings. The van der Waals surface area contributed by atoms with Crippen molar-refractivity contribution in [2.45, 2.75) is 17.6 Å². The highest BCUT2D eigenvalue weighted by atomic mass is 35.5. The van der Waals surface area contributed by atoms with Crippen molar-refractivity contribution < 1.29 is 0 Å². The number of nitrogens with one attached hydrogen (secondary N) is 2. The van der Waals surface area contributed by atoms with E-state index in [2.05, 4.69) is 21.8 Å². The minimum absolute atomic E-state index is 0.182. The molecule has 0 unspecified atom stereocenters. The Hall–Kier alpha value is -0.680. The summed E-state index contributed by atoms with van der Waals surface area (Å²) in [6, 6.07) is 0. The molecule has 0 bridgehead atoms. The van der Waals surface area contributed by atoms with Crippen LogP contribution in [-0.4, -0.2) is 27.7 Å². The summed E-state index contributed by atoms with van der Waals surface area (Å²) in [5, 5.41) is 9.34. The predicted octanol–water partition coefficient (Wildman–Crippen LogP) is 1.73. The van der Waals surface area contributed by atoms with Gasteiger partial charge in [0.1, 0.15) is 5.02 Å². The Kier molecular flexibility index (Phi) is 2.93. The van der Waals surface area contributed by atoms with Crippen LogP contribution in [0.3, 0.4) is 0 Å². The minimum Gasteiger partial charge on any atom is -0.381 e. The molecule has 1 saturated carbocycles. The topological polar surface area (TPSA) is 57.8 Å². The lowest BCUT2D eigenvalue weighted by Gasteiger charge is -2.14. The monoisotopic (exact) mass is 245 g/mol. The Morgan fingerprint density at radius 2 is 2.47 bits per heavy atom. The van der Waals surface area contributed by atoms with E-state index in [1.807, 2.05) is 11.8 Å². The zero-order valence-electron chi connectivity index (χ0n) is 8.34. The average molecular weight is 246 g/mol. The summed E-state index contributed by atoms with van der Waals surface area (Å²) in [4.78, 5) is 11.2. The molecule has 0 saturated heterocycles. The lowest BCUT2D eigenvalue weighted by Crippen LogP contribution is -2.20. The molecule has 1 heterocycles. The van der Waals surface area contributed by atoms with E-state index in [1.54, 1.807) is 6.20 Å². The quantitative estimate of drug-likeness (QED) is 0.848. The predicted molar refractivity (Wildman–Crippen MR) is 63.8 cm³/mol.